The number of ether oxygens (including phenoxy) is 1. The summed E-state index contributed by atoms with van der Waals surface area (Å²) < 4.78 is 6.09. The molecule has 0 spiro atoms. The normalized spacial score (nSPS) is 10.1. The number of carbonyl (C=O) groups is 2. The first-order chi connectivity index (χ1) is 9.70. The fourth-order valence-electron chi connectivity index (χ4n) is 1.59. The Balaban J connectivity index is 1.92. The van der Waals surface area contributed by atoms with Crippen LogP contribution in [-0.4, -0.2) is 40.3 Å². The Morgan fingerprint density at radius 3 is 2.65 bits per heavy atom. The molecule has 2 aromatic rings. The number of carbonyl (C=O) groups excluding carboxylic acids is 2. The minimum absolute atomic E-state index is 0.152. The summed E-state index contributed by atoms with van der Waals surface area (Å²) in [7, 11) is 1.31. The second-order valence-electron chi connectivity index (χ2n) is 3.97. The van der Waals surface area contributed by atoms with Gasteiger partial charge in [0.1, 0.15) is 12.7 Å². The Morgan fingerprint density at radius 2 is 2.05 bits per heavy atom. The van der Waals surface area contributed by atoms with Gasteiger partial charge < -0.3 is 10.1 Å². The van der Waals surface area contributed by atoms with E-state index in [9.17, 15) is 9.59 Å². The highest BCUT2D eigenvalue weighted by Crippen LogP contribution is 2.07. The first-order valence-electron chi connectivity index (χ1n) is 6.01. The smallest absolute Gasteiger partial charge is 0.307 e. The van der Waals surface area contributed by atoms with Crippen LogP contribution in [0.1, 0.15) is 16.8 Å². The van der Waals surface area contributed by atoms with Gasteiger partial charge in [0.05, 0.1) is 19.2 Å². The van der Waals surface area contributed by atoms with Gasteiger partial charge in [-0.1, -0.05) is 0 Å². The Labute approximate surface area is 115 Å². The predicted octanol–water partition coefficient (Wildman–Crippen LogP) is 0.560. The lowest BCUT2D eigenvalue weighted by molar-refractivity contribution is -0.140. The van der Waals surface area contributed by atoms with Gasteiger partial charge >= 0.3 is 5.97 Å². The van der Waals surface area contributed by atoms with Crippen molar-refractivity contribution in [1.82, 2.24) is 20.1 Å². The van der Waals surface area contributed by atoms with E-state index in [1.54, 1.807) is 35.3 Å². The molecular weight excluding hydrogens is 260 g/mol. The molecule has 20 heavy (non-hydrogen) atoms. The molecule has 0 fully saturated rings. The summed E-state index contributed by atoms with van der Waals surface area (Å²) in [4.78, 5) is 26.6. The highest BCUT2D eigenvalue weighted by molar-refractivity contribution is 5.94. The van der Waals surface area contributed by atoms with Crippen molar-refractivity contribution in [2.24, 2.45) is 0 Å². The van der Waals surface area contributed by atoms with E-state index in [4.69, 9.17) is 0 Å². The van der Waals surface area contributed by atoms with E-state index in [1.165, 1.54) is 13.4 Å². The number of aromatic nitrogens is 3. The van der Waals surface area contributed by atoms with Crippen molar-refractivity contribution in [2.75, 3.05) is 13.7 Å². The molecule has 0 saturated carbocycles. The number of hydrogen-bond donors (Lipinski definition) is 1. The number of methoxy groups -OCH3 is 1. The summed E-state index contributed by atoms with van der Waals surface area (Å²) >= 11 is 0. The molecule has 1 aromatic carbocycles. The van der Waals surface area contributed by atoms with Crippen LogP contribution in [0.3, 0.4) is 0 Å². The van der Waals surface area contributed by atoms with Crippen molar-refractivity contribution in [2.45, 2.75) is 6.42 Å². The van der Waals surface area contributed by atoms with E-state index in [0.717, 1.165) is 5.69 Å². The molecule has 0 aliphatic heterocycles. The maximum Gasteiger partial charge on any atom is 0.307 e. The van der Waals surface area contributed by atoms with Crippen molar-refractivity contribution in [3.63, 3.8) is 0 Å². The number of hydrogen-bond acceptors (Lipinski definition) is 5. The topological polar surface area (TPSA) is 86.1 Å². The molecular formula is C13H14N4O3. The summed E-state index contributed by atoms with van der Waals surface area (Å²) in [6, 6.07) is 6.91. The Morgan fingerprint density at radius 1 is 1.30 bits per heavy atom. The molecule has 0 atom stereocenters. The van der Waals surface area contributed by atoms with Crippen LogP contribution in [0.2, 0.25) is 0 Å². The zero-order valence-electron chi connectivity index (χ0n) is 10.9. The molecule has 0 radical (unpaired) electrons. The lowest BCUT2D eigenvalue weighted by Gasteiger charge is -2.05. The largest absolute Gasteiger partial charge is 0.469 e. The van der Waals surface area contributed by atoms with Gasteiger partial charge in [-0.3, -0.25) is 9.59 Å². The van der Waals surface area contributed by atoms with Crippen LogP contribution in [-0.2, 0) is 9.53 Å². The van der Waals surface area contributed by atoms with Gasteiger partial charge in [-0.25, -0.2) is 9.67 Å². The Hall–Kier alpha value is -2.70. The molecule has 7 nitrogen and oxygen atoms in total. The van der Waals surface area contributed by atoms with Crippen LogP contribution in [0, 0.1) is 0 Å². The van der Waals surface area contributed by atoms with E-state index < -0.39 is 0 Å². The maximum absolute atomic E-state index is 11.8. The van der Waals surface area contributed by atoms with Crippen LogP contribution in [0.4, 0.5) is 0 Å². The molecule has 1 heterocycles. The van der Waals surface area contributed by atoms with Gasteiger partial charge in [0.25, 0.3) is 5.91 Å². The number of benzene rings is 1. The van der Waals surface area contributed by atoms with Crippen LogP contribution >= 0.6 is 0 Å². The molecule has 7 heteroatoms. The van der Waals surface area contributed by atoms with Gasteiger partial charge in [-0.05, 0) is 24.3 Å². The summed E-state index contributed by atoms with van der Waals surface area (Å²) in [5.74, 6) is -0.592. The van der Waals surface area contributed by atoms with E-state index in [0.29, 0.717) is 5.56 Å². The number of nitrogens with one attached hydrogen (secondary N) is 1. The molecule has 1 aromatic heterocycles. The first-order valence-corrected chi connectivity index (χ1v) is 6.01. The molecule has 104 valence electrons. The van der Waals surface area contributed by atoms with Gasteiger partial charge in [-0.15, -0.1) is 0 Å². The fraction of sp³-hybridized carbons (Fsp3) is 0.231. The third kappa shape index (κ3) is 3.41. The van der Waals surface area contributed by atoms with Crippen LogP contribution in [0.15, 0.2) is 36.9 Å². The lowest BCUT2D eigenvalue weighted by Crippen LogP contribution is -2.26. The van der Waals surface area contributed by atoms with Crippen LogP contribution in [0.5, 0.6) is 0 Å². The standard InChI is InChI=1S/C13H14N4O3/c1-20-12(18)6-7-15-13(19)10-2-4-11(5-3-10)17-9-14-8-16-17/h2-5,8-9H,6-7H2,1H3,(H,15,19). The minimum atomic E-state index is -0.355. The summed E-state index contributed by atoms with van der Waals surface area (Å²) in [6.45, 7) is 0.246. The van der Waals surface area contributed by atoms with Gasteiger partial charge in [0, 0.05) is 12.1 Å². The second-order valence-corrected chi connectivity index (χ2v) is 3.97. The summed E-state index contributed by atoms with van der Waals surface area (Å²) in [5.41, 5.74) is 1.33. The van der Waals surface area contributed by atoms with Crippen molar-refractivity contribution in [3.05, 3.63) is 42.5 Å². The van der Waals surface area contributed by atoms with Crippen molar-refractivity contribution in [1.29, 1.82) is 0 Å². The molecule has 0 aliphatic carbocycles. The summed E-state index contributed by atoms with van der Waals surface area (Å²) in [5, 5.41) is 6.64. The van der Waals surface area contributed by atoms with Crippen molar-refractivity contribution < 1.29 is 14.3 Å². The quantitative estimate of drug-likeness (QED) is 0.805. The maximum atomic E-state index is 11.8. The average molecular weight is 274 g/mol. The van der Waals surface area contributed by atoms with E-state index in [1.807, 2.05) is 0 Å². The monoisotopic (exact) mass is 274 g/mol. The third-order valence-electron chi connectivity index (χ3n) is 2.66. The molecule has 0 aliphatic rings. The van der Waals surface area contributed by atoms with E-state index in [2.05, 4.69) is 20.1 Å². The van der Waals surface area contributed by atoms with Crippen molar-refractivity contribution in [3.8, 4) is 5.69 Å². The predicted molar refractivity (Wildman–Crippen MR) is 70.3 cm³/mol. The average Bonchev–Trinajstić information content (AvgIpc) is 3.01. The minimum Gasteiger partial charge on any atom is -0.469 e. The van der Waals surface area contributed by atoms with E-state index >= 15 is 0 Å². The lowest BCUT2D eigenvalue weighted by atomic mass is 10.2. The number of esters is 1. The first kappa shape index (κ1) is 13.7. The number of rotatable bonds is 5. The zero-order chi connectivity index (χ0) is 14.4. The van der Waals surface area contributed by atoms with Gasteiger partial charge in [0.2, 0.25) is 0 Å². The second kappa shape index (κ2) is 6.46. The molecule has 0 bridgehead atoms. The SMILES string of the molecule is COC(=O)CCNC(=O)c1ccc(-n2cncn2)cc1. The van der Waals surface area contributed by atoms with Crippen molar-refractivity contribution >= 4 is 11.9 Å². The third-order valence-corrected chi connectivity index (χ3v) is 2.66. The van der Waals surface area contributed by atoms with Crippen LogP contribution < -0.4 is 5.32 Å². The molecule has 1 N–H and O–H groups in total. The van der Waals surface area contributed by atoms with Gasteiger partial charge in [-0.2, -0.15) is 5.10 Å². The number of amides is 1. The molecule has 1 amide bonds. The molecule has 0 saturated heterocycles. The number of nitrogens with zero attached hydrogens (tertiary/aromatic N) is 3. The highest BCUT2D eigenvalue weighted by Gasteiger charge is 2.07. The Kier molecular flexibility index (Phi) is 4.43. The Bertz CT molecular complexity index is 578. The molecule has 0 unspecified atom stereocenters. The molecule has 2 rings (SSSR count). The summed E-state index contributed by atoms with van der Waals surface area (Å²) in [6.07, 6.45) is 3.16. The zero-order valence-corrected chi connectivity index (χ0v) is 10.9. The fourth-order valence-corrected chi connectivity index (χ4v) is 1.59. The van der Waals surface area contributed by atoms with E-state index in [-0.39, 0.29) is 24.8 Å². The van der Waals surface area contributed by atoms with Gasteiger partial charge in [0.15, 0.2) is 0 Å². The highest BCUT2D eigenvalue weighted by atomic mass is 16.5. The van der Waals surface area contributed by atoms with Crippen LogP contribution in [0.25, 0.3) is 5.69 Å².